The fourth-order valence-electron chi connectivity index (χ4n) is 5.69. The third-order valence-electron chi connectivity index (χ3n) is 7.94. The number of hydrogen-bond donors (Lipinski definition) is 5. The molecule has 0 spiro atoms. The van der Waals surface area contributed by atoms with Crippen LogP contribution < -0.4 is 26.7 Å². The van der Waals surface area contributed by atoms with Crippen molar-refractivity contribution in [1.82, 2.24) is 41.6 Å². The molecule has 5 rings (SSSR count). The number of benzene rings is 1. The quantitative estimate of drug-likeness (QED) is 0.334. The lowest BCUT2D eigenvalue weighted by atomic mass is 9.77. The largest absolute Gasteiger partial charge is 0.318 e. The van der Waals surface area contributed by atoms with Gasteiger partial charge in [-0.2, -0.15) is 0 Å². The highest BCUT2D eigenvalue weighted by Crippen LogP contribution is 2.44. The van der Waals surface area contributed by atoms with Crippen LogP contribution in [0.5, 0.6) is 0 Å². The van der Waals surface area contributed by atoms with Gasteiger partial charge in [-0.15, -0.1) is 0 Å². The van der Waals surface area contributed by atoms with E-state index in [9.17, 15) is 0 Å². The maximum atomic E-state index is 4.55. The van der Waals surface area contributed by atoms with Crippen LogP contribution in [-0.4, -0.2) is 67.0 Å². The standard InChI is InChI=1S/C27H42N8/c1-4-27-19-31-35(23-11-12-23)26(27)33-24(32-25(27)30-17-22-10-5-6-13-29-22)21-9-7-8-20(16-21)18-34(3)15-14-28-2/h5-10,13,16,23-26,28,30-33H,4,11-12,14-15,17-19H2,1-3H3. The van der Waals surface area contributed by atoms with Crippen LogP contribution in [-0.2, 0) is 13.1 Å². The zero-order valence-corrected chi connectivity index (χ0v) is 21.4. The van der Waals surface area contributed by atoms with Crippen LogP contribution >= 0.6 is 0 Å². The summed E-state index contributed by atoms with van der Waals surface area (Å²) in [7, 11) is 4.19. The van der Waals surface area contributed by atoms with Crippen molar-refractivity contribution in [3.8, 4) is 0 Å². The Kier molecular flexibility index (Phi) is 7.79. The number of fused-ring (bicyclic) bond motifs is 1. The third kappa shape index (κ3) is 5.44. The van der Waals surface area contributed by atoms with Crippen molar-refractivity contribution < 1.29 is 0 Å². The van der Waals surface area contributed by atoms with E-state index >= 15 is 0 Å². The van der Waals surface area contributed by atoms with Gasteiger partial charge in [-0.3, -0.25) is 26.4 Å². The Balaban J connectivity index is 1.37. The third-order valence-corrected chi connectivity index (χ3v) is 7.94. The Morgan fingerprint density at radius 3 is 2.80 bits per heavy atom. The van der Waals surface area contributed by atoms with Crippen molar-refractivity contribution in [2.45, 2.75) is 63.8 Å². The second-order valence-corrected chi connectivity index (χ2v) is 10.5. The topological polar surface area (TPSA) is 79.5 Å². The van der Waals surface area contributed by atoms with Gasteiger partial charge in [0.2, 0.25) is 0 Å². The lowest BCUT2D eigenvalue weighted by Gasteiger charge is -2.50. The van der Waals surface area contributed by atoms with Gasteiger partial charge in [0.1, 0.15) is 0 Å². The van der Waals surface area contributed by atoms with Gasteiger partial charge < -0.3 is 10.2 Å². The zero-order chi connectivity index (χ0) is 24.3. The molecule has 1 aliphatic carbocycles. The first-order chi connectivity index (χ1) is 17.1. The minimum absolute atomic E-state index is 0.0544. The zero-order valence-electron chi connectivity index (χ0n) is 21.4. The Bertz CT molecular complexity index is 951. The van der Waals surface area contributed by atoms with Crippen molar-refractivity contribution in [3.05, 3.63) is 65.5 Å². The highest BCUT2D eigenvalue weighted by molar-refractivity contribution is 5.27. The fourth-order valence-corrected chi connectivity index (χ4v) is 5.69. The van der Waals surface area contributed by atoms with E-state index in [1.807, 2.05) is 19.3 Å². The molecule has 3 aliphatic rings. The second kappa shape index (κ2) is 11.0. The summed E-state index contributed by atoms with van der Waals surface area (Å²) >= 11 is 0. The molecule has 190 valence electrons. The summed E-state index contributed by atoms with van der Waals surface area (Å²) in [5, 5.41) is 17.6. The molecule has 4 atom stereocenters. The normalized spacial score (nSPS) is 29.0. The summed E-state index contributed by atoms with van der Waals surface area (Å²) in [5.41, 5.74) is 7.54. The van der Waals surface area contributed by atoms with Crippen LogP contribution in [0.3, 0.4) is 0 Å². The van der Waals surface area contributed by atoms with E-state index < -0.39 is 0 Å². The molecule has 1 aromatic heterocycles. The summed E-state index contributed by atoms with van der Waals surface area (Å²) in [6, 6.07) is 15.8. The van der Waals surface area contributed by atoms with Crippen molar-refractivity contribution in [2.75, 3.05) is 33.7 Å². The summed E-state index contributed by atoms with van der Waals surface area (Å²) in [4.78, 5) is 6.91. The first-order valence-electron chi connectivity index (χ1n) is 13.2. The molecule has 2 aliphatic heterocycles. The number of rotatable bonds is 11. The van der Waals surface area contributed by atoms with Gasteiger partial charge in [0.05, 0.1) is 24.2 Å². The number of aromatic nitrogens is 1. The van der Waals surface area contributed by atoms with Gasteiger partial charge >= 0.3 is 0 Å². The molecule has 8 nitrogen and oxygen atoms in total. The second-order valence-electron chi connectivity index (χ2n) is 10.5. The molecule has 1 saturated carbocycles. The SMILES string of the molecule is CCC12CNN(C3CC3)C1NC(c1cccc(CN(C)CCNC)c1)NC2NCc1ccccn1. The maximum Gasteiger partial charge on any atom is 0.0860 e. The molecule has 3 fully saturated rings. The lowest BCUT2D eigenvalue weighted by Crippen LogP contribution is -2.71. The highest BCUT2D eigenvalue weighted by Gasteiger charge is 2.57. The predicted molar refractivity (Wildman–Crippen MR) is 140 cm³/mol. The summed E-state index contributed by atoms with van der Waals surface area (Å²) in [5.74, 6) is 0. The van der Waals surface area contributed by atoms with Gasteiger partial charge in [-0.05, 0) is 56.6 Å². The number of hydrogen-bond acceptors (Lipinski definition) is 8. The fraction of sp³-hybridized carbons (Fsp3) is 0.593. The smallest absolute Gasteiger partial charge is 0.0860 e. The van der Waals surface area contributed by atoms with Crippen LogP contribution in [0.15, 0.2) is 48.7 Å². The van der Waals surface area contributed by atoms with E-state index in [0.29, 0.717) is 6.04 Å². The Hall–Kier alpha value is -1.91. The van der Waals surface area contributed by atoms with E-state index in [0.717, 1.165) is 44.8 Å². The number of hydrazine groups is 1. The predicted octanol–water partition coefficient (Wildman–Crippen LogP) is 1.75. The highest BCUT2D eigenvalue weighted by atomic mass is 15.6. The van der Waals surface area contributed by atoms with Gasteiger partial charge in [0.25, 0.3) is 0 Å². The molecule has 4 unspecified atom stereocenters. The number of pyridine rings is 1. The van der Waals surface area contributed by atoms with Crippen LogP contribution in [0.4, 0.5) is 0 Å². The van der Waals surface area contributed by atoms with Crippen LogP contribution in [0.25, 0.3) is 0 Å². The van der Waals surface area contributed by atoms with Gasteiger partial charge in [-0.25, -0.2) is 5.01 Å². The number of nitrogens with zero attached hydrogens (tertiary/aromatic N) is 3. The summed E-state index contributed by atoms with van der Waals surface area (Å²) in [6.45, 7) is 7.01. The molecule has 3 heterocycles. The first kappa shape index (κ1) is 24.8. The summed E-state index contributed by atoms with van der Waals surface area (Å²) in [6.07, 6.45) is 6.02. The molecule has 0 amide bonds. The van der Waals surface area contributed by atoms with Crippen LogP contribution in [0, 0.1) is 5.41 Å². The average Bonchev–Trinajstić information content (AvgIpc) is 3.66. The molecule has 35 heavy (non-hydrogen) atoms. The molecule has 2 saturated heterocycles. The van der Waals surface area contributed by atoms with Crippen molar-refractivity contribution in [1.29, 1.82) is 0 Å². The monoisotopic (exact) mass is 478 g/mol. The molecule has 2 aromatic rings. The van der Waals surface area contributed by atoms with E-state index in [1.54, 1.807) is 0 Å². The molecular formula is C27H42N8. The van der Waals surface area contributed by atoms with E-state index in [1.165, 1.54) is 24.0 Å². The van der Waals surface area contributed by atoms with E-state index in [-0.39, 0.29) is 23.9 Å². The van der Waals surface area contributed by atoms with E-state index in [4.69, 9.17) is 0 Å². The molecule has 0 radical (unpaired) electrons. The van der Waals surface area contributed by atoms with Crippen molar-refractivity contribution in [3.63, 3.8) is 0 Å². The average molecular weight is 479 g/mol. The Morgan fingerprint density at radius 2 is 2.06 bits per heavy atom. The van der Waals surface area contributed by atoms with Crippen LogP contribution in [0.2, 0.25) is 0 Å². The first-order valence-corrected chi connectivity index (χ1v) is 13.2. The van der Waals surface area contributed by atoms with Gasteiger partial charge in [0, 0.05) is 50.4 Å². The van der Waals surface area contributed by atoms with Gasteiger partial charge in [0.15, 0.2) is 0 Å². The number of nitrogens with one attached hydrogen (secondary N) is 5. The Labute approximate surface area is 210 Å². The molecule has 1 aromatic carbocycles. The van der Waals surface area contributed by atoms with Crippen molar-refractivity contribution in [2.24, 2.45) is 5.41 Å². The Morgan fingerprint density at radius 1 is 1.17 bits per heavy atom. The lowest BCUT2D eigenvalue weighted by molar-refractivity contribution is -0.00244. The van der Waals surface area contributed by atoms with Gasteiger partial charge in [-0.1, -0.05) is 37.3 Å². The molecular weight excluding hydrogens is 436 g/mol. The number of likely N-dealkylation sites (N-methyl/N-ethyl adjacent to an activating group) is 2. The molecule has 8 heteroatoms. The molecule has 0 bridgehead atoms. The minimum Gasteiger partial charge on any atom is -0.318 e. The van der Waals surface area contributed by atoms with Crippen molar-refractivity contribution >= 4 is 0 Å². The summed E-state index contributed by atoms with van der Waals surface area (Å²) < 4.78 is 0. The molecule has 5 N–H and O–H groups in total. The maximum absolute atomic E-state index is 4.55. The van der Waals surface area contributed by atoms with E-state index in [2.05, 4.69) is 92.0 Å². The minimum atomic E-state index is 0.0544. The van der Waals surface area contributed by atoms with Crippen LogP contribution in [0.1, 0.15) is 49.2 Å².